The van der Waals surface area contributed by atoms with E-state index in [0.717, 1.165) is 32.7 Å². The molecule has 2 fully saturated rings. The number of nitrogens with zero attached hydrogens (tertiary/aromatic N) is 1. The molecule has 1 atom stereocenters. The number of carbonyl (C=O) groups is 1. The molecule has 23 heavy (non-hydrogen) atoms. The first-order chi connectivity index (χ1) is 11.1. The Labute approximate surface area is 137 Å². The first kappa shape index (κ1) is 16.4. The highest BCUT2D eigenvalue weighted by molar-refractivity contribution is 5.92. The van der Waals surface area contributed by atoms with E-state index in [1.165, 1.54) is 24.8 Å². The summed E-state index contributed by atoms with van der Waals surface area (Å²) in [4.78, 5) is 13.6. The molecule has 5 nitrogen and oxygen atoms in total. The minimum atomic E-state index is -0.377. The fourth-order valence-electron chi connectivity index (χ4n) is 4.14. The molecule has 5 heteroatoms. The van der Waals surface area contributed by atoms with Crippen LogP contribution in [-0.4, -0.2) is 48.7 Å². The molecule has 1 aromatic carbocycles. The van der Waals surface area contributed by atoms with Gasteiger partial charge in [-0.1, -0.05) is 12.1 Å². The maximum absolute atomic E-state index is 11.1. The molecule has 0 radical (unpaired) electrons. The lowest BCUT2D eigenvalue weighted by Gasteiger charge is -2.49. The minimum Gasteiger partial charge on any atom is -0.396 e. The third-order valence-corrected chi connectivity index (χ3v) is 5.77. The van der Waals surface area contributed by atoms with E-state index in [-0.39, 0.29) is 5.91 Å². The van der Waals surface area contributed by atoms with Gasteiger partial charge in [0, 0.05) is 31.2 Å². The van der Waals surface area contributed by atoms with Crippen molar-refractivity contribution >= 4 is 5.91 Å². The first-order valence-corrected chi connectivity index (χ1v) is 8.56. The van der Waals surface area contributed by atoms with Crippen LogP contribution in [0.25, 0.3) is 0 Å². The van der Waals surface area contributed by atoms with Gasteiger partial charge in [-0.05, 0) is 62.0 Å². The van der Waals surface area contributed by atoms with Gasteiger partial charge in [0.15, 0.2) is 0 Å². The Kier molecular flexibility index (Phi) is 4.99. The molecule has 1 amide bonds. The van der Waals surface area contributed by atoms with E-state index >= 15 is 0 Å². The van der Waals surface area contributed by atoms with Crippen LogP contribution in [0.4, 0.5) is 0 Å². The van der Waals surface area contributed by atoms with E-state index in [1.807, 2.05) is 12.1 Å². The molecule has 0 unspecified atom stereocenters. The number of carbonyl (C=O) groups excluding carboxylic acids is 1. The van der Waals surface area contributed by atoms with E-state index in [4.69, 9.17) is 5.73 Å². The number of rotatable bonds is 4. The molecule has 2 heterocycles. The SMILES string of the molecule is NC(=O)c1ccc(CN2CCC3(CCNC[C@H]3CO)CC2)cc1. The van der Waals surface area contributed by atoms with Gasteiger partial charge < -0.3 is 16.2 Å². The molecule has 0 bridgehead atoms. The molecule has 1 aromatic rings. The Morgan fingerprint density at radius 3 is 2.57 bits per heavy atom. The number of piperidine rings is 2. The van der Waals surface area contributed by atoms with Crippen LogP contribution >= 0.6 is 0 Å². The van der Waals surface area contributed by atoms with Crippen molar-refractivity contribution in [2.75, 3.05) is 32.8 Å². The molecule has 2 saturated heterocycles. The second-order valence-corrected chi connectivity index (χ2v) is 7.03. The molecule has 0 saturated carbocycles. The van der Waals surface area contributed by atoms with Crippen molar-refractivity contribution in [1.29, 1.82) is 0 Å². The van der Waals surface area contributed by atoms with Gasteiger partial charge in [-0.3, -0.25) is 9.69 Å². The van der Waals surface area contributed by atoms with Crippen molar-refractivity contribution < 1.29 is 9.90 Å². The van der Waals surface area contributed by atoms with Crippen LogP contribution in [0.2, 0.25) is 0 Å². The molecule has 2 aliphatic rings. The monoisotopic (exact) mass is 317 g/mol. The third-order valence-electron chi connectivity index (χ3n) is 5.77. The van der Waals surface area contributed by atoms with E-state index in [0.29, 0.717) is 23.5 Å². The summed E-state index contributed by atoms with van der Waals surface area (Å²) in [6, 6.07) is 7.59. The normalized spacial score (nSPS) is 24.7. The van der Waals surface area contributed by atoms with Crippen molar-refractivity contribution in [1.82, 2.24) is 10.2 Å². The van der Waals surface area contributed by atoms with Gasteiger partial charge in [0.2, 0.25) is 5.91 Å². The Morgan fingerprint density at radius 2 is 1.96 bits per heavy atom. The van der Waals surface area contributed by atoms with Crippen molar-refractivity contribution in [3.05, 3.63) is 35.4 Å². The van der Waals surface area contributed by atoms with Gasteiger partial charge in [-0.25, -0.2) is 0 Å². The summed E-state index contributed by atoms with van der Waals surface area (Å²) in [6.07, 6.45) is 3.51. The Balaban J connectivity index is 1.57. The average Bonchev–Trinajstić information content (AvgIpc) is 2.58. The maximum atomic E-state index is 11.1. The predicted octanol–water partition coefficient (Wildman–Crippen LogP) is 0.970. The average molecular weight is 317 g/mol. The Morgan fingerprint density at radius 1 is 1.26 bits per heavy atom. The zero-order valence-electron chi connectivity index (χ0n) is 13.6. The van der Waals surface area contributed by atoms with Crippen LogP contribution in [0.15, 0.2) is 24.3 Å². The molecular formula is C18H27N3O2. The van der Waals surface area contributed by atoms with Crippen LogP contribution < -0.4 is 11.1 Å². The highest BCUT2D eigenvalue weighted by Gasteiger charge is 2.42. The number of nitrogens with one attached hydrogen (secondary N) is 1. The van der Waals surface area contributed by atoms with Gasteiger partial charge >= 0.3 is 0 Å². The molecule has 2 aliphatic heterocycles. The van der Waals surface area contributed by atoms with Crippen LogP contribution in [0.5, 0.6) is 0 Å². The molecule has 4 N–H and O–H groups in total. The summed E-state index contributed by atoms with van der Waals surface area (Å²) in [5.74, 6) is 0.0191. The van der Waals surface area contributed by atoms with Crippen molar-refractivity contribution in [2.45, 2.75) is 25.8 Å². The van der Waals surface area contributed by atoms with E-state index < -0.39 is 0 Å². The molecule has 1 spiro atoms. The second-order valence-electron chi connectivity index (χ2n) is 7.03. The molecule has 0 aromatic heterocycles. The van der Waals surface area contributed by atoms with Crippen molar-refractivity contribution in [2.24, 2.45) is 17.1 Å². The zero-order valence-corrected chi connectivity index (χ0v) is 13.6. The number of amides is 1. The lowest BCUT2D eigenvalue weighted by molar-refractivity contribution is -0.00583. The topological polar surface area (TPSA) is 78.6 Å². The summed E-state index contributed by atoms with van der Waals surface area (Å²) >= 11 is 0. The summed E-state index contributed by atoms with van der Waals surface area (Å²) in [7, 11) is 0. The quantitative estimate of drug-likeness (QED) is 0.773. The summed E-state index contributed by atoms with van der Waals surface area (Å²) in [5, 5.41) is 13.1. The van der Waals surface area contributed by atoms with E-state index in [2.05, 4.69) is 10.2 Å². The third kappa shape index (κ3) is 3.57. The van der Waals surface area contributed by atoms with Gasteiger partial charge in [0.1, 0.15) is 0 Å². The van der Waals surface area contributed by atoms with E-state index in [1.54, 1.807) is 12.1 Å². The first-order valence-electron chi connectivity index (χ1n) is 8.56. The lowest BCUT2D eigenvalue weighted by Crippen LogP contribution is -2.52. The summed E-state index contributed by atoms with van der Waals surface area (Å²) < 4.78 is 0. The predicted molar refractivity (Wildman–Crippen MR) is 90.0 cm³/mol. The number of nitrogens with two attached hydrogens (primary N) is 1. The number of benzene rings is 1. The van der Waals surface area contributed by atoms with Crippen LogP contribution in [-0.2, 0) is 6.54 Å². The largest absolute Gasteiger partial charge is 0.396 e. The second kappa shape index (κ2) is 6.99. The van der Waals surface area contributed by atoms with Gasteiger partial charge in [0.05, 0.1) is 0 Å². The molecule has 0 aliphatic carbocycles. The van der Waals surface area contributed by atoms with E-state index in [9.17, 15) is 9.90 Å². The number of primary amides is 1. The zero-order chi connectivity index (χ0) is 16.3. The molecule has 3 rings (SSSR count). The van der Waals surface area contributed by atoms with Crippen LogP contribution in [0.3, 0.4) is 0 Å². The number of hydrogen-bond acceptors (Lipinski definition) is 4. The van der Waals surface area contributed by atoms with Gasteiger partial charge in [-0.15, -0.1) is 0 Å². The lowest BCUT2D eigenvalue weighted by atomic mass is 9.65. The van der Waals surface area contributed by atoms with Gasteiger partial charge in [0.25, 0.3) is 0 Å². The highest BCUT2D eigenvalue weighted by atomic mass is 16.3. The van der Waals surface area contributed by atoms with Crippen LogP contribution in [0, 0.1) is 11.3 Å². The fourth-order valence-corrected chi connectivity index (χ4v) is 4.14. The van der Waals surface area contributed by atoms with Crippen molar-refractivity contribution in [3.63, 3.8) is 0 Å². The Bertz CT molecular complexity index is 536. The highest BCUT2D eigenvalue weighted by Crippen LogP contribution is 2.43. The number of likely N-dealkylation sites (tertiary alicyclic amines) is 1. The smallest absolute Gasteiger partial charge is 0.248 e. The maximum Gasteiger partial charge on any atom is 0.248 e. The fraction of sp³-hybridized carbons (Fsp3) is 0.611. The number of hydrogen-bond donors (Lipinski definition) is 3. The van der Waals surface area contributed by atoms with Crippen LogP contribution in [0.1, 0.15) is 35.2 Å². The number of aliphatic hydroxyl groups is 1. The number of aliphatic hydroxyl groups excluding tert-OH is 1. The van der Waals surface area contributed by atoms with Gasteiger partial charge in [-0.2, -0.15) is 0 Å². The molecule has 126 valence electrons. The minimum absolute atomic E-state index is 0.293. The Hall–Kier alpha value is -1.43. The standard InChI is InChI=1S/C18H27N3O2/c19-17(23)15-3-1-14(2-4-15)12-21-9-6-18(7-10-21)5-8-20-11-16(18)13-22/h1-4,16,20,22H,5-13H2,(H2,19,23)/t16-/m0/s1. The summed E-state index contributed by atoms with van der Waals surface area (Å²) in [6.45, 7) is 5.39. The molecular weight excluding hydrogens is 290 g/mol. The van der Waals surface area contributed by atoms with Crippen molar-refractivity contribution in [3.8, 4) is 0 Å². The summed E-state index contributed by atoms with van der Waals surface area (Å²) in [5.41, 5.74) is 7.38.